The lowest BCUT2D eigenvalue weighted by atomic mass is 10.1. The zero-order chi connectivity index (χ0) is 21.8. The van der Waals surface area contributed by atoms with Gasteiger partial charge in [-0.3, -0.25) is 4.79 Å². The SMILES string of the molecule is Cc1ccc(C(=O)N[C@@H](NC(=S)Nc2ccc(S(N)(=O)=O)cc2)C(Cl)(Cl)Cl)cc1. The molecule has 156 valence electrons. The molecule has 0 bridgehead atoms. The lowest BCUT2D eigenvalue weighted by molar-refractivity contribution is 0.0934. The molecule has 0 aromatic heterocycles. The van der Waals surface area contributed by atoms with Crippen LogP contribution in [-0.2, 0) is 10.0 Å². The van der Waals surface area contributed by atoms with Crippen molar-refractivity contribution in [2.75, 3.05) is 5.32 Å². The highest BCUT2D eigenvalue weighted by molar-refractivity contribution is 7.89. The van der Waals surface area contributed by atoms with Crippen LogP contribution in [0.1, 0.15) is 15.9 Å². The normalized spacial score (nSPS) is 12.7. The maximum atomic E-state index is 12.4. The third-order valence-electron chi connectivity index (χ3n) is 3.63. The zero-order valence-corrected chi connectivity index (χ0v) is 18.8. The molecule has 0 aliphatic heterocycles. The van der Waals surface area contributed by atoms with Crippen LogP contribution < -0.4 is 21.1 Å². The van der Waals surface area contributed by atoms with Crippen molar-refractivity contribution in [2.24, 2.45) is 5.14 Å². The highest BCUT2D eigenvalue weighted by Gasteiger charge is 2.34. The first-order valence-corrected chi connectivity index (χ1v) is 11.1. The third-order valence-corrected chi connectivity index (χ3v) is 5.44. The number of hydrogen-bond acceptors (Lipinski definition) is 4. The molecule has 1 atom stereocenters. The Balaban J connectivity index is 2.06. The molecule has 0 radical (unpaired) electrons. The number of halogens is 3. The number of nitrogens with two attached hydrogens (primary N) is 1. The molecule has 29 heavy (non-hydrogen) atoms. The summed E-state index contributed by atoms with van der Waals surface area (Å²) in [5, 5.41) is 13.2. The molecule has 0 fully saturated rings. The average Bonchev–Trinajstić information content (AvgIpc) is 2.60. The number of anilines is 1. The molecule has 0 spiro atoms. The lowest BCUT2D eigenvalue weighted by Gasteiger charge is -2.27. The molecule has 2 aromatic carbocycles. The molecular formula is C17H17Cl3N4O3S2. The predicted octanol–water partition coefficient (Wildman–Crippen LogP) is 3.06. The second-order valence-corrected chi connectivity index (χ2v) is 10.3. The number of thiocarbonyl (C=S) groups is 1. The lowest BCUT2D eigenvalue weighted by Crippen LogP contribution is -2.56. The van der Waals surface area contributed by atoms with Gasteiger partial charge < -0.3 is 16.0 Å². The number of aryl methyl sites for hydroxylation is 1. The van der Waals surface area contributed by atoms with Gasteiger partial charge in [0.05, 0.1) is 4.90 Å². The van der Waals surface area contributed by atoms with Crippen LogP contribution >= 0.6 is 47.0 Å². The Morgan fingerprint density at radius 1 is 1.03 bits per heavy atom. The maximum Gasteiger partial charge on any atom is 0.252 e. The van der Waals surface area contributed by atoms with E-state index in [1.165, 1.54) is 24.3 Å². The number of alkyl halides is 3. The number of nitrogens with one attached hydrogen (secondary N) is 3. The number of benzene rings is 2. The molecule has 2 rings (SSSR count). The van der Waals surface area contributed by atoms with E-state index in [1.54, 1.807) is 24.3 Å². The van der Waals surface area contributed by atoms with Crippen LogP contribution in [0.15, 0.2) is 53.4 Å². The fourth-order valence-corrected chi connectivity index (χ4v) is 3.22. The minimum Gasteiger partial charge on any atom is -0.339 e. The Kier molecular flexibility index (Phi) is 7.72. The van der Waals surface area contributed by atoms with Gasteiger partial charge in [0.2, 0.25) is 13.8 Å². The summed E-state index contributed by atoms with van der Waals surface area (Å²) in [4.78, 5) is 12.4. The minimum atomic E-state index is -3.81. The molecule has 0 heterocycles. The van der Waals surface area contributed by atoms with Crippen molar-refractivity contribution in [2.45, 2.75) is 21.8 Å². The van der Waals surface area contributed by atoms with E-state index in [0.717, 1.165) is 5.56 Å². The zero-order valence-electron chi connectivity index (χ0n) is 14.9. The number of primary sulfonamides is 1. The van der Waals surface area contributed by atoms with Crippen LogP contribution in [0.3, 0.4) is 0 Å². The minimum absolute atomic E-state index is 0.0360. The van der Waals surface area contributed by atoms with Gasteiger partial charge in [0, 0.05) is 11.3 Å². The van der Waals surface area contributed by atoms with E-state index in [0.29, 0.717) is 11.3 Å². The molecular weight excluding hydrogens is 479 g/mol. The summed E-state index contributed by atoms with van der Waals surface area (Å²) in [7, 11) is -3.81. The topological polar surface area (TPSA) is 113 Å². The van der Waals surface area contributed by atoms with Gasteiger partial charge in [-0.1, -0.05) is 52.5 Å². The van der Waals surface area contributed by atoms with Crippen molar-refractivity contribution in [1.29, 1.82) is 0 Å². The Hall–Kier alpha value is -1.62. The molecule has 0 unspecified atom stereocenters. The van der Waals surface area contributed by atoms with Crippen LogP contribution in [0.25, 0.3) is 0 Å². The summed E-state index contributed by atoms with van der Waals surface area (Å²) >= 11 is 23.1. The average molecular weight is 496 g/mol. The summed E-state index contributed by atoms with van der Waals surface area (Å²) < 4.78 is 20.7. The third kappa shape index (κ3) is 7.29. The molecule has 0 aliphatic carbocycles. The number of rotatable bonds is 5. The molecule has 0 aliphatic rings. The van der Waals surface area contributed by atoms with Crippen LogP contribution in [0, 0.1) is 6.92 Å². The quantitative estimate of drug-likeness (QED) is 0.288. The van der Waals surface area contributed by atoms with Crippen molar-refractivity contribution in [3.8, 4) is 0 Å². The molecule has 12 heteroatoms. The molecule has 1 amide bonds. The first-order valence-electron chi connectivity index (χ1n) is 8.01. The van der Waals surface area contributed by atoms with E-state index >= 15 is 0 Å². The first kappa shape index (κ1) is 23.7. The highest BCUT2D eigenvalue weighted by atomic mass is 35.6. The van der Waals surface area contributed by atoms with Crippen LogP contribution in [-0.4, -0.2) is 29.4 Å². The van der Waals surface area contributed by atoms with E-state index < -0.39 is 25.9 Å². The van der Waals surface area contributed by atoms with Gasteiger partial charge in [0.1, 0.15) is 6.17 Å². The van der Waals surface area contributed by atoms with Gasteiger partial charge >= 0.3 is 0 Å². The summed E-state index contributed by atoms with van der Waals surface area (Å²) in [5.41, 5.74) is 1.84. The van der Waals surface area contributed by atoms with Crippen molar-refractivity contribution in [1.82, 2.24) is 10.6 Å². The highest BCUT2D eigenvalue weighted by Crippen LogP contribution is 2.29. The molecule has 2 aromatic rings. The maximum absolute atomic E-state index is 12.4. The fourth-order valence-electron chi connectivity index (χ4n) is 2.15. The molecule has 0 saturated carbocycles. The van der Waals surface area contributed by atoms with Gasteiger partial charge in [-0.15, -0.1) is 0 Å². The van der Waals surface area contributed by atoms with Crippen molar-refractivity contribution in [3.63, 3.8) is 0 Å². The van der Waals surface area contributed by atoms with Crippen molar-refractivity contribution >= 4 is 73.8 Å². The van der Waals surface area contributed by atoms with E-state index in [4.69, 9.17) is 52.2 Å². The largest absolute Gasteiger partial charge is 0.339 e. The van der Waals surface area contributed by atoms with Crippen LogP contribution in [0.2, 0.25) is 0 Å². The molecule has 0 saturated heterocycles. The van der Waals surface area contributed by atoms with Gasteiger partial charge in [-0.25, -0.2) is 13.6 Å². The number of hydrogen-bond donors (Lipinski definition) is 4. The second kappa shape index (κ2) is 9.46. The summed E-state index contributed by atoms with van der Waals surface area (Å²) in [6.45, 7) is 1.90. The number of sulfonamides is 1. The summed E-state index contributed by atoms with van der Waals surface area (Å²) in [5.74, 6) is -0.464. The summed E-state index contributed by atoms with van der Waals surface area (Å²) in [6.07, 6.45) is -1.15. The Morgan fingerprint density at radius 2 is 1.59 bits per heavy atom. The van der Waals surface area contributed by atoms with E-state index in [1.807, 2.05) is 6.92 Å². The van der Waals surface area contributed by atoms with Gasteiger partial charge in [0.15, 0.2) is 5.11 Å². The number of carbonyl (C=O) groups is 1. The van der Waals surface area contributed by atoms with E-state index in [2.05, 4.69) is 16.0 Å². The Bertz CT molecular complexity index is 992. The molecule has 7 nitrogen and oxygen atoms in total. The molecule has 5 N–H and O–H groups in total. The van der Waals surface area contributed by atoms with Gasteiger partial charge in [0.25, 0.3) is 5.91 Å². The fraction of sp³-hybridized carbons (Fsp3) is 0.176. The first-order chi connectivity index (χ1) is 13.4. The number of carbonyl (C=O) groups excluding carboxylic acids is 1. The van der Waals surface area contributed by atoms with Crippen LogP contribution in [0.5, 0.6) is 0 Å². The van der Waals surface area contributed by atoms with Gasteiger partial charge in [-0.2, -0.15) is 0 Å². The monoisotopic (exact) mass is 494 g/mol. The van der Waals surface area contributed by atoms with Crippen molar-refractivity contribution < 1.29 is 13.2 Å². The smallest absolute Gasteiger partial charge is 0.252 e. The van der Waals surface area contributed by atoms with Gasteiger partial charge in [-0.05, 0) is 55.5 Å². The Labute approximate surface area is 188 Å². The van der Waals surface area contributed by atoms with Crippen LogP contribution in [0.4, 0.5) is 5.69 Å². The number of amides is 1. The standard InChI is InChI=1S/C17H17Cl3N4O3S2/c1-10-2-4-11(5-3-10)14(25)23-15(17(18,19)20)24-16(28)22-12-6-8-13(9-7-12)29(21,26)27/h2-9,15H,1H3,(H,23,25)(H2,21,26,27)(H2,22,24,28)/t15-/m0/s1. The predicted molar refractivity (Wildman–Crippen MR) is 120 cm³/mol. The van der Waals surface area contributed by atoms with E-state index in [9.17, 15) is 13.2 Å². The second-order valence-electron chi connectivity index (χ2n) is 5.98. The van der Waals surface area contributed by atoms with Crippen molar-refractivity contribution in [3.05, 3.63) is 59.7 Å². The Morgan fingerprint density at radius 3 is 2.07 bits per heavy atom. The van der Waals surface area contributed by atoms with E-state index in [-0.39, 0.29) is 10.0 Å². The summed E-state index contributed by atoms with van der Waals surface area (Å²) in [6, 6.07) is 12.4.